The molecule has 2 aliphatic rings. The molecule has 10 N–H and O–H groups in total. The SMILES string of the molecule is COc1cc(C=CC(=O)OC2C(c3c(O)c(C4OC(CO)C(O)C(O)C4O)c(O)c4c(=O)cc(-c5ccc(O)cc5)oc34)OCC(O)C2O)cc(OC)c1O. The Balaban J connectivity index is 1.52. The maximum atomic E-state index is 13.8. The molecule has 0 aliphatic carbocycles. The van der Waals surface area contributed by atoms with Crippen LogP contribution < -0.4 is 14.9 Å². The molecule has 0 radical (unpaired) electrons. The number of esters is 1. The molecule has 2 aliphatic heterocycles. The van der Waals surface area contributed by atoms with Crippen LogP contribution in [0.4, 0.5) is 0 Å². The fraction of sp³-hybridized carbons (Fsp3) is 0.351. The van der Waals surface area contributed by atoms with E-state index in [0.717, 1.165) is 12.1 Å². The minimum absolute atomic E-state index is 0.0183. The van der Waals surface area contributed by atoms with Crippen molar-refractivity contribution in [2.24, 2.45) is 0 Å². The summed E-state index contributed by atoms with van der Waals surface area (Å²) in [5, 5.41) is 107. The van der Waals surface area contributed by atoms with Gasteiger partial charge in [-0.1, -0.05) is 0 Å². The number of carbonyl (C=O) groups is 1. The largest absolute Gasteiger partial charge is 0.508 e. The lowest BCUT2D eigenvalue weighted by atomic mass is 9.85. The molecule has 55 heavy (non-hydrogen) atoms. The average molecular weight is 771 g/mol. The standard InChI is InChI=1S/C37H38O18/c1-50-20-9-14(10-21(51-2)28(20)44)3-8-23(42)55-37-27(43)18(41)13-52-36(37)26-31(47)25(35-33(49)32(48)29(45)22(12-38)54-35)30(46)24-17(40)11-19(53-34(24)26)15-4-6-16(39)7-5-15/h3-11,18,22,27,29,32-33,35-39,41,43-49H,12-13H2,1-2H3. The fourth-order valence-corrected chi connectivity index (χ4v) is 6.57. The van der Waals surface area contributed by atoms with Gasteiger partial charge in [0.15, 0.2) is 28.6 Å². The molecular weight excluding hydrogens is 732 g/mol. The zero-order chi connectivity index (χ0) is 39.9. The molecule has 3 heterocycles. The Morgan fingerprint density at radius 1 is 0.818 bits per heavy atom. The summed E-state index contributed by atoms with van der Waals surface area (Å²) in [6.07, 6.45) is -14.4. The second-order valence-corrected chi connectivity index (χ2v) is 12.8. The van der Waals surface area contributed by atoms with Gasteiger partial charge < -0.3 is 79.2 Å². The van der Waals surface area contributed by atoms with Gasteiger partial charge in [-0.05, 0) is 48.0 Å². The molecule has 3 aromatic carbocycles. The number of aromatic hydroxyl groups is 4. The third-order valence-electron chi connectivity index (χ3n) is 9.45. The first-order valence-corrected chi connectivity index (χ1v) is 16.7. The molecule has 4 aromatic rings. The number of carbonyl (C=O) groups excluding carboxylic acids is 1. The van der Waals surface area contributed by atoms with Gasteiger partial charge in [0, 0.05) is 17.7 Å². The number of aliphatic hydroxyl groups excluding tert-OH is 6. The Kier molecular flexibility index (Phi) is 11.2. The Hall–Kier alpha value is -5.44. The topological polar surface area (TPSA) is 296 Å². The minimum atomic E-state index is -2.07. The zero-order valence-electron chi connectivity index (χ0n) is 29.0. The van der Waals surface area contributed by atoms with Gasteiger partial charge in [0.25, 0.3) is 0 Å². The summed E-state index contributed by atoms with van der Waals surface area (Å²) in [6, 6.07) is 9.12. The molecular formula is C37H38O18. The predicted octanol–water partition coefficient (Wildman–Crippen LogP) is 0.233. The van der Waals surface area contributed by atoms with Gasteiger partial charge in [0.2, 0.25) is 5.75 Å². The summed E-state index contributed by atoms with van der Waals surface area (Å²) in [4.78, 5) is 27.1. The van der Waals surface area contributed by atoms with E-state index in [1.165, 1.54) is 56.7 Å². The van der Waals surface area contributed by atoms with Crippen molar-refractivity contribution >= 4 is 23.0 Å². The molecule has 0 bridgehead atoms. The van der Waals surface area contributed by atoms with E-state index in [-0.39, 0.29) is 34.3 Å². The molecule has 18 heteroatoms. The molecule has 1 aromatic heterocycles. The summed E-state index contributed by atoms with van der Waals surface area (Å²) in [5.41, 5.74) is -2.22. The number of benzene rings is 3. The van der Waals surface area contributed by atoms with E-state index in [4.69, 9.17) is 28.1 Å². The normalized spacial score (nSPS) is 26.9. The van der Waals surface area contributed by atoms with Gasteiger partial charge in [-0.3, -0.25) is 4.79 Å². The molecule has 0 spiro atoms. The molecule has 294 valence electrons. The molecule has 6 rings (SSSR count). The van der Waals surface area contributed by atoms with E-state index < -0.39 is 113 Å². The number of ether oxygens (including phenoxy) is 5. The van der Waals surface area contributed by atoms with Crippen LogP contribution in [0.5, 0.6) is 34.5 Å². The Labute approximate surface area is 310 Å². The second-order valence-electron chi connectivity index (χ2n) is 12.8. The molecule has 2 fully saturated rings. The Morgan fingerprint density at radius 2 is 1.47 bits per heavy atom. The molecule has 9 unspecified atom stereocenters. The third-order valence-corrected chi connectivity index (χ3v) is 9.45. The van der Waals surface area contributed by atoms with Crippen LogP contribution in [0.15, 0.2) is 57.8 Å². The predicted molar refractivity (Wildman–Crippen MR) is 186 cm³/mol. The van der Waals surface area contributed by atoms with E-state index in [0.29, 0.717) is 5.56 Å². The minimum Gasteiger partial charge on any atom is -0.508 e. The zero-order valence-corrected chi connectivity index (χ0v) is 29.0. The van der Waals surface area contributed by atoms with Crippen molar-refractivity contribution < 1.29 is 84.0 Å². The highest BCUT2D eigenvalue weighted by Crippen LogP contribution is 2.51. The average Bonchev–Trinajstić information content (AvgIpc) is 3.16. The van der Waals surface area contributed by atoms with Crippen LogP contribution in [-0.2, 0) is 19.0 Å². The van der Waals surface area contributed by atoms with E-state index in [1.807, 2.05) is 0 Å². The summed E-state index contributed by atoms with van der Waals surface area (Å²) in [6.45, 7) is -1.51. The maximum absolute atomic E-state index is 13.8. The fourth-order valence-electron chi connectivity index (χ4n) is 6.57. The first-order chi connectivity index (χ1) is 26.2. The lowest BCUT2D eigenvalue weighted by Crippen LogP contribution is -2.55. The van der Waals surface area contributed by atoms with Crippen LogP contribution in [0.1, 0.15) is 28.9 Å². The van der Waals surface area contributed by atoms with Gasteiger partial charge in [-0.15, -0.1) is 0 Å². The van der Waals surface area contributed by atoms with E-state index in [1.54, 1.807) is 0 Å². The van der Waals surface area contributed by atoms with Crippen molar-refractivity contribution in [2.75, 3.05) is 27.4 Å². The molecule has 9 atom stereocenters. The van der Waals surface area contributed by atoms with Crippen molar-refractivity contribution in [3.8, 4) is 45.8 Å². The quantitative estimate of drug-likeness (QED) is 0.0805. The van der Waals surface area contributed by atoms with E-state index in [9.17, 15) is 60.7 Å². The Bertz CT molecular complexity index is 2120. The summed E-state index contributed by atoms with van der Waals surface area (Å²) in [5.74, 6) is -3.65. The van der Waals surface area contributed by atoms with Gasteiger partial charge in [0.1, 0.15) is 77.2 Å². The van der Waals surface area contributed by atoms with Crippen molar-refractivity contribution in [2.45, 2.75) is 54.9 Å². The summed E-state index contributed by atoms with van der Waals surface area (Å²) < 4.78 is 33.4. The van der Waals surface area contributed by atoms with Gasteiger partial charge >= 0.3 is 5.97 Å². The number of methoxy groups -OCH3 is 2. The number of fused-ring (bicyclic) bond motifs is 1. The first kappa shape index (κ1) is 39.3. The number of phenols is 4. The first-order valence-electron chi connectivity index (χ1n) is 16.7. The molecule has 2 saturated heterocycles. The van der Waals surface area contributed by atoms with E-state index in [2.05, 4.69) is 0 Å². The third kappa shape index (κ3) is 7.24. The van der Waals surface area contributed by atoms with Crippen molar-refractivity contribution in [1.29, 1.82) is 0 Å². The van der Waals surface area contributed by atoms with E-state index >= 15 is 0 Å². The van der Waals surface area contributed by atoms with Crippen LogP contribution in [0.3, 0.4) is 0 Å². The van der Waals surface area contributed by atoms with Gasteiger partial charge in [0.05, 0.1) is 38.6 Å². The maximum Gasteiger partial charge on any atom is 0.331 e. The highest BCUT2D eigenvalue weighted by Gasteiger charge is 2.49. The number of phenolic OH excluding ortho intramolecular Hbond substituents is 4. The van der Waals surface area contributed by atoms with Gasteiger partial charge in [-0.2, -0.15) is 0 Å². The smallest absolute Gasteiger partial charge is 0.331 e. The van der Waals surface area contributed by atoms with Crippen molar-refractivity contribution in [3.63, 3.8) is 0 Å². The van der Waals surface area contributed by atoms with Crippen LogP contribution in [0.2, 0.25) is 0 Å². The summed E-state index contributed by atoms with van der Waals surface area (Å²) in [7, 11) is 2.60. The van der Waals surface area contributed by atoms with Crippen LogP contribution in [0, 0.1) is 0 Å². The molecule has 0 amide bonds. The number of rotatable bonds is 9. The second kappa shape index (κ2) is 15.7. The van der Waals surface area contributed by atoms with Crippen LogP contribution in [0.25, 0.3) is 28.4 Å². The molecule has 0 saturated carbocycles. The number of aliphatic hydroxyl groups is 6. The Morgan fingerprint density at radius 3 is 2.09 bits per heavy atom. The highest BCUT2D eigenvalue weighted by atomic mass is 16.6. The highest BCUT2D eigenvalue weighted by molar-refractivity contribution is 5.92. The lowest BCUT2D eigenvalue weighted by Gasteiger charge is -2.41. The van der Waals surface area contributed by atoms with Crippen molar-refractivity contribution in [1.82, 2.24) is 0 Å². The lowest BCUT2D eigenvalue weighted by molar-refractivity contribution is -0.232. The van der Waals surface area contributed by atoms with Crippen LogP contribution in [-0.4, -0.2) is 127 Å². The van der Waals surface area contributed by atoms with Crippen LogP contribution >= 0.6 is 0 Å². The number of hydrogen-bond donors (Lipinski definition) is 10. The summed E-state index contributed by atoms with van der Waals surface area (Å²) >= 11 is 0. The monoisotopic (exact) mass is 770 g/mol. The number of hydrogen-bond acceptors (Lipinski definition) is 18. The molecule has 18 nitrogen and oxygen atoms in total. The van der Waals surface area contributed by atoms with Crippen molar-refractivity contribution in [3.05, 3.63) is 75.5 Å². The van der Waals surface area contributed by atoms with Gasteiger partial charge in [-0.25, -0.2) is 4.79 Å².